The lowest BCUT2D eigenvalue weighted by atomic mass is 9.94. The summed E-state index contributed by atoms with van der Waals surface area (Å²) in [6.07, 6.45) is 0. The molecule has 102 valence electrons. The van der Waals surface area contributed by atoms with Crippen LogP contribution in [0.4, 0.5) is 0 Å². The molecule has 0 amide bonds. The first kappa shape index (κ1) is 13.8. The molecule has 2 aromatic rings. The number of aromatic amines is 1. The Bertz CT molecular complexity index is 677. The molecule has 4 nitrogen and oxygen atoms in total. The van der Waals surface area contributed by atoms with Crippen molar-refractivity contribution in [3.8, 4) is 0 Å². The van der Waals surface area contributed by atoms with Crippen LogP contribution in [0.2, 0.25) is 0 Å². The molecule has 2 heterocycles. The molecular weight excluding hydrogens is 260 g/mol. The Morgan fingerprint density at radius 2 is 2.21 bits per heavy atom. The largest absolute Gasteiger partial charge is 0.491 e. The van der Waals surface area contributed by atoms with Gasteiger partial charge in [-0.25, -0.2) is 4.98 Å². The minimum absolute atomic E-state index is 0.00883. The van der Waals surface area contributed by atoms with Gasteiger partial charge in [-0.1, -0.05) is 27.4 Å². The van der Waals surface area contributed by atoms with Crippen LogP contribution < -0.4 is 5.56 Å². The third-order valence-corrected chi connectivity index (χ3v) is 4.18. The molecule has 0 atom stereocenters. The zero-order chi connectivity index (χ0) is 14.2. The first-order chi connectivity index (χ1) is 8.82. The van der Waals surface area contributed by atoms with Crippen LogP contribution in [0, 0.1) is 0 Å². The first-order valence-corrected chi connectivity index (χ1v) is 7.01. The fraction of sp³-hybridized carbons (Fsp3) is 0.429. The minimum atomic E-state index is -0.146. The Labute approximate surface area is 116 Å². The average Bonchev–Trinajstić information content (AvgIpc) is 2.73. The molecule has 0 saturated heterocycles. The van der Waals surface area contributed by atoms with E-state index in [-0.39, 0.29) is 11.0 Å². The van der Waals surface area contributed by atoms with Crippen LogP contribution in [0.25, 0.3) is 16.0 Å². The number of rotatable bonds is 3. The molecule has 0 spiro atoms. The second-order valence-electron chi connectivity index (χ2n) is 5.35. The summed E-state index contributed by atoms with van der Waals surface area (Å²) in [5.41, 5.74) is -0.137. The number of hydrogen-bond acceptors (Lipinski definition) is 4. The number of ether oxygens (including phenoxy) is 1. The van der Waals surface area contributed by atoms with Crippen LogP contribution in [0.1, 0.15) is 38.4 Å². The van der Waals surface area contributed by atoms with E-state index in [9.17, 15) is 4.79 Å². The molecule has 0 unspecified atom stereocenters. The van der Waals surface area contributed by atoms with Gasteiger partial charge in [-0.05, 0) is 18.4 Å². The molecular formula is C14H18N2O2S. The maximum Gasteiger partial charge on any atom is 0.260 e. The Morgan fingerprint density at radius 1 is 1.53 bits per heavy atom. The molecule has 1 N–H and O–H groups in total. The summed E-state index contributed by atoms with van der Waals surface area (Å²) in [7, 11) is 0. The molecule has 19 heavy (non-hydrogen) atoms. The topological polar surface area (TPSA) is 55.0 Å². The standard InChI is InChI=1S/C14H18N2O2S/c1-6-18-8(2)11-15-12(17)9-7-10(14(3,4)5)19-13(9)16-11/h7H,2,6H2,1,3-5H3,(H,15,16,17). The third-order valence-electron chi connectivity index (χ3n) is 2.72. The molecule has 5 heteroatoms. The predicted molar refractivity (Wildman–Crippen MR) is 79.6 cm³/mol. The summed E-state index contributed by atoms with van der Waals surface area (Å²) >= 11 is 1.54. The lowest BCUT2D eigenvalue weighted by Gasteiger charge is -2.14. The van der Waals surface area contributed by atoms with Gasteiger partial charge in [0.25, 0.3) is 5.56 Å². The monoisotopic (exact) mass is 278 g/mol. The van der Waals surface area contributed by atoms with Crippen molar-refractivity contribution in [1.29, 1.82) is 0 Å². The number of nitrogens with one attached hydrogen (secondary N) is 1. The first-order valence-electron chi connectivity index (χ1n) is 6.19. The molecule has 0 fully saturated rings. The van der Waals surface area contributed by atoms with E-state index in [0.29, 0.717) is 23.6 Å². The van der Waals surface area contributed by atoms with Crippen LogP contribution in [0.3, 0.4) is 0 Å². The zero-order valence-electron chi connectivity index (χ0n) is 11.7. The van der Waals surface area contributed by atoms with Crippen LogP contribution in [-0.2, 0) is 10.2 Å². The summed E-state index contributed by atoms with van der Waals surface area (Å²) in [6.45, 7) is 12.5. The van der Waals surface area contributed by atoms with Gasteiger partial charge in [0.05, 0.1) is 12.0 Å². The van der Waals surface area contributed by atoms with Gasteiger partial charge in [-0.2, -0.15) is 0 Å². The Morgan fingerprint density at radius 3 is 2.79 bits per heavy atom. The predicted octanol–water partition coefficient (Wildman–Crippen LogP) is 3.29. The summed E-state index contributed by atoms with van der Waals surface area (Å²) < 4.78 is 5.28. The van der Waals surface area contributed by atoms with E-state index >= 15 is 0 Å². The highest BCUT2D eigenvalue weighted by Crippen LogP contribution is 2.32. The minimum Gasteiger partial charge on any atom is -0.491 e. The summed E-state index contributed by atoms with van der Waals surface area (Å²) in [5, 5.41) is 0.628. The Balaban J connectivity index is 2.57. The van der Waals surface area contributed by atoms with Crippen LogP contribution in [0.5, 0.6) is 0 Å². The van der Waals surface area contributed by atoms with Crippen molar-refractivity contribution < 1.29 is 4.74 Å². The van der Waals surface area contributed by atoms with E-state index in [2.05, 4.69) is 37.3 Å². The van der Waals surface area contributed by atoms with Crippen molar-refractivity contribution in [3.05, 3.63) is 33.7 Å². The summed E-state index contributed by atoms with van der Waals surface area (Å²) in [5.74, 6) is 0.800. The fourth-order valence-corrected chi connectivity index (χ4v) is 2.77. The van der Waals surface area contributed by atoms with E-state index < -0.39 is 0 Å². The molecule has 0 aliphatic carbocycles. The molecule has 2 rings (SSSR count). The molecule has 2 aromatic heterocycles. The van der Waals surface area contributed by atoms with Crippen LogP contribution >= 0.6 is 11.3 Å². The number of hydrogen-bond donors (Lipinski definition) is 1. The van der Waals surface area contributed by atoms with Crippen molar-refractivity contribution >= 4 is 27.3 Å². The number of nitrogens with zero attached hydrogens (tertiary/aromatic N) is 1. The van der Waals surface area contributed by atoms with Crippen LogP contribution in [-0.4, -0.2) is 16.6 Å². The highest BCUT2D eigenvalue weighted by Gasteiger charge is 2.19. The van der Waals surface area contributed by atoms with E-state index in [1.165, 1.54) is 0 Å². The molecule has 0 aliphatic heterocycles. The molecule has 0 aliphatic rings. The van der Waals surface area contributed by atoms with Crippen LogP contribution in [0.15, 0.2) is 17.4 Å². The van der Waals surface area contributed by atoms with Gasteiger partial charge in [0.1, 0.15) is 4.83 Å². The van der Waals surface area contributed by atoms with Crippen molar-refractivity contribution in [3.63, 3.8) is 0 Å². The van der Waals surface area contributed by atoms with Crippen molar-refractivity contribution in [2.45, 2.75) is 33.1 Å². The van der Waals surface area contributed by atoms with E-state index in [0.717, 1.165) is 9.71 Å². The Kier molecular flexibility index (Phi) is 3.49. The highest BCUT2D eigenvalue weighted by atomic mass is 32.1. The molecule has 0 saturated carbocycles. The van der Waals surface area contributed by atoms with Gasteiger partial charge >= 0.3 is 0 Å². The van der Waals surface area contributed by atoms with Crippen molar-refractivity contribution in [1.82, 2.24) is 9.97 Å². The molecule has 0 radical (unpaired) electrons. The van der Waals surface area contributed by atoms with Gasteiger partial charge < -0.3 is 9.72 Å². The quantitative estimate of drug-likeness (QED) is 0.876. The van der Waals surface area contributed by atoms with Gasteiger partial charge in [0.2, 0.25) is 0 Å². The molecule has 0 bridgehead atoms. The third kappa shape index (κ3) is 2.71. The van der Waals surface area contributed by atoms with E-state index in [1.54, 1.807) is 11.3 Å². The second-order valence-corrected chi connectivity index (χ2v) is 6.38. The zero-order valence-corrected chi connectivity index (χ0v) is 12.5. The molecule has 0 aromatic carbocycles. The van der Waals surface area contributed by atoms with Gasteiger partial charge in [0.15, 0.2) is 11.6 Å². The lowest BCUT2D eigenvalue weighted by Crippen LogP contribution is -2.11. The Hall–Kier alpha value is -1.62. The maximum absolute atomic E-state index is 12.1. The van der Waals surface area contributed by atoms with E-state index in [1.807, 2.05) is 13.0 Å². The van der Waals surface area contributed by atoms with Crippen molar-refractivity contribution in [2.75, 3.05) is 6.61 Å². The van der Waals surface area contributed by atoms with Gasteiger partial charge in [-0.15, -0.1) is 11.3 Å². The smallest absolute Gasteiger partial charge is 0.260 e. The number of fused-ring (bicyclic) bond motifs is 1. The number of thiophene rings is 1. The normalized spacial score (nSPS) is 11.8. The summed E-state index contributed by atoms with van der Waals surface area (Å²) in [4.78, 5) is 21.1. The maximum atomic E-state index is 12.1. The fourth-order valence-electron chi connectivity index (χ4n) is 1.68. The van der Waals surface area contributed by atoms with Gasteiger partial charge in [-0.3, -0.25) is 4.79 Å². The lowest BCUT2D eigenvalue weighted by molar-refractivity contribution is 0.296. The van der Waals surface area contributed by atoms with E-state index in [4.69, 9.17) is 4.74 Å². The van der Waals surface area contributed by atoms with Crippen molar-refractivity contribution in [2.24, 2.45) is 0 Å². The number of aromatic nitrogens is 2. The van der Waals surface area contributed by atoms with Gasteiger partial charge in [0, 0.05) is 4.88 Å². The average molecular weight is 278 g/mol. The SMILES string of the molecule is C=C(OCC)c1nc2sc(C(C)(C)C)cc2c(=O)[nH]1. The second kappa shape index (κ2) is 4.81. The number of H-pyrrole nitrogens is 1. The highest BCUT2D eigenvalue weighted by molar-refractivity contribution is 7.18. The summed E-state index contributed by atoms with van der Waals surface area (Å²) in [6, 6.07) is 1.92.